The zero-order valence-electron chi connectivity index (χ0n) is 5.54. The maximum absolute atomic E-state index is 10.9. The van der Waals surface area contributed by atoms with Crippen molar-refractivity contribution in [2.24, 2.45) is 0 Å². The van der Waals surface area contributed by atoms with Crippen molar-refractivity contribution in [1.29, 1.82) is 0 Å². The molecule has 2 nitrogen and oxygen atoms in total. The zero-order valence-corrected chi connectivity index (χ0v) is 7.11. The van der Waals surface area contributed by atoms with Crippen LogP contribution in [0.15, 0.2) is 11.4 Å². The molecule has 0 aliphatic heterocycles. The molecule has 0 N–H and O–H groups in total. The van der Waals surface area contributed by atoms with Crippen LogP contribution in [-0.2, 0) is 0 Å². The molecule has 0 unspecified atom stereocenters. The third-order valence-electron chi connectivity index (χ3n) is 1.18. The molecule has 0 saturated carbocycles. The highest BCUT2D eigenvalue weighted by Gasteiger charge is 2.05. The molecule has 0 aromatic carbocycles. The van der Waals surface area contributed by atoms with Crippen molar-refractivity contribution in [1.82, 2.24) is 0 Å². The summed E-state index contributed by atoms with van der Waals surface area (Å²) >= 11 is 6.55. The second-order valence-electron chi connectivity index (χ2n) is 1.91. The predicted octanol–water partition coefficient (Wildman–Crippen LogP) is 1.98. The SMILES string of the molecule is O=Cc1cc(C(=O)CCl)cs1. The number of alkyl halides is 1. The third kappa shape index (κ3) is 1.88. The van der Waals surface area contributed by atoms with E-state index >= 15 is 0 Å². The summed E-state index contributed by atoms with van der Waals surface area (Å²) in [5.74, 6) is -0.175. The molecule has 1 rings (SSSR count). The van der Waals surface area contributed by atoms with Gasteiger partial charge in [-0.25, -0.2) is 0 Å². The number of carbonyl (C=O) groups excluding carboxylic acids is 2. The predicted molar refractivity (Wildman–Crippen MR) is 44.8 cm³/mol. The first-order valence-electron chi connectivity index (χ1n) is 2.91. The first-order valence-corrected chi connectivity index (χ1v) is 4.32. The number of hydrogen-bond acceptors (Lipinski definition) is 3. The fourth-order valence-electron chi connectivity index (χ4n) is 0.638. The van der Waals surface area contributed by atoms with Crippen LogP contribution in [0.1, 0.15) is 20.0 Å². The van der Waals surface area contributed by atoms with Gasteiger partial charge in [0.05, 0.1) is 10.8 Å². The van der Waals surface area contributed by atoms with Crippen molar-refractivity contribution in [3.63, 3.8) is 0 Å². The van der Waals surface area contributed by atoms with E-state index in [1.165, 1.54) is 11.3 Å². The molecule has 0 radical (unpaired) electrons. The van der Waals surface area contributed by atoms with Crippen LogP contribution in [0.3, 0.4) is 0 Å². The molecule has 0 aliphatic carbocycles. The summed E-state index contributed by atoms with van der Waals surface area (Å²) in [5, 5.41) is 1.63. The van der Waals surface area contributed by atoms with Gasteiger partial charge in [-0.1, -0.05) is 0 Å². The molecule has 0 amide bonds. The number of aldehydes is 1. The Labute approximate surface area is 72.8 Å². The quantitative estimate of drug-likeness (QED) is 0.413. The molecule has 0 aliphatic rings. The number of halogens is 1. The third-order valence-corrected chi connectivity index (χ3v) is 2.28. The molecular weight excluding hydrogens is 184 g/mol. The van der Waals surface area contributed by atoms with E-state index < -0.39 is 0 Å². The minimum absolute atomic E-state index is 0.0327. The van der Waals surface area contributed by atoms with Crippen LogP contribution >= 0.6 is 22.9 Å². The highest BCUT2D eigenvalue weighted by molar-refractivity contribution is 7.12. The van der Waals surface area contributed by atoms with Crippen LogP contribution in [0.25, 0.3) is 0 Å². The van der Waals surface area contributed by atoms with Gasteiger partial charge in [0.1, 0.15) is 0 Å². The standard InChI is InChI=1S/C7H5ClO2S/c8-2-7(10)5-1-6(3-9)11-4-5/h1,3-4H,2H2. The lowest BCUT2D eigenvalue weighted by Gasteiger charge is -1.85. The van der Waals surface area contributed by atoms with Crippen LogP contribution in [0.4, 0.5) is 0 Å². The average molecular weight is 189 g/mol. The van der Waals surface area contributed by atoms with Gasteiger partial charge in [0.2, 0.25) is 0 Å². The zero-order chi connectivity index (χ0) is 8.27. The largest absolute Gasteiger partial charge is 0.297 e. The smallest absolute Gasteiger partial charge is 0.178 e. The van der Waals surface area contributed by atoms with E-state index in [-0.39, 0.29) is 11.7 Å². The Morgan fingerprint density at radius 3 is 2.91 bits per heavy atom. The first kappa shape index (κ1) is 8.43. The lowest BCUT2D eigenvalue weighted by atomic mass is 10.2. The minimum Gasteiger partial charge on any atom is -0.297 e. The van der Waals surface area contributed by atoms with Gasteiger partial charge < -0.3 is 0 Å². The Balaban J connectivity index is 2.88. The Bertz CT molecular complexity index is 280. The molecule has 1 aromatic heterocycles. The van der Waals surface area contributed by atoms with Crippen molar-refractivity contribution in [2.75, 3.05) is 5.88 Å². The maximum atomic E-state index is 10.9. The molecule has 1 heterocycles. The molecule has 1 aromatic rings. The van der Waals surface area contributed by atoms with Gasteiger partial charge in [-0.15, -0.1) is 22.9 Å². The van der Waals surface area contributed by atoms with E-state index in [1.807, 2.05) is 0 Å². The van der Waals surface area contributed by atoms with E-state index in [0.29, 0.717) is 10.4 Å². The lowest BCUT2D eigenvalue weighted by Crippen LogP contribution is -1.96. The van der Waals surface area contributed by atoms with Crippen LogP contribution in [-0.4, -0.2) is 17.9 Å². The summed E-state index contributed by atoms with van der Waals surface area (Å²) in [6, 6.07) is 1.54. The van der Waals surface area contributed by atoms with Crippen molar-refractivity contribution >= 4 is 35.0 Å². The molecule has 4 heteroatoms. The molecule has 0 fully saturated rings. The summed E-state index contributed by atoms with van der Waals surface area (Å²) in [7, 11) is 0. The average Bonchev–Trinajstić information content (AvgIpc) is 2.50. The molecular formula is C7H5ClO2S. The van der Waals surface area contributed by atoms with Gasteiger partial charge >= 0.3 is 0 Å². The highest BCUT2D eigenvalue weighted by Crippen LogP contribution is 2.13. The van der Waals surface area contributed by atoms with E-state index in [1.54, 1.807) is 11.4 Å². The Hall–Kier alpha value is -0.670. The molecule has 0 atom stereocenters. The normalized spacial score (nSPS) is 9.55. The molecule has 11 heavy (non-hydrogen) atoms. The van der Waals surface area contributed by atoms with E-state index in [0.717, 1.165) is 6.29 Å². The van der Waals surface area contributed by atoms with Crippen molar-refractivity contribution in [3.8, 4) is 0 Å². The summed E-state index contributed by atoms with van der Waals surface area (Å²) in [6.07, 6.45) is 0.718. The Morgan fingerprint density at radius 2 is 2.45 bits per heavy atom. The molecule has 0 bridgehead atoms. The van der Waals surface area contributed by atoms with Gasteiger partial charge in [0, 0.05) is 10.9 Å². The van der Waals surface area contributed by atoms with Gasteiger partial charge in [-0.05, 0) is 6.07 Å². The number of thiophene rings is 1. The summed E-state index contributed by atoms with van der Waals surface area (Å²) in [6.45, 7) is 0. The fraction of sp³-hybridized carbons (Fsp3) is 0.143. The van der Waals surface area contributed by atoms with E-state index in [2.05, 4.69) is 0 Å². The lowest BCUT2D eigenvalue weighted by molar-refractivity contribution is 0.102. The van der Waals surface area contributed by atoms with Crippen LogP contribution in [0.2, 0.25) is 0 Å². The number of rotatable bonds is 3. The van der Waals surface area contributed by atoms with Gasteiger partial charge in [0.15, 0.2) is 12.1 Å². The minimum atomic E-state index is -0.143. The number of Topliss-reactive ketones (excluding diaryl/α,β-unsaturated/α-hetero) is 1. The second-order valence-corrected chi connectivity index (χ2v) is 3.12. The number of carbonyl (C=O) groups is 2. The monoisotopic (exact) mass is 188 g/mol. The number of hydrogen-bond donors (Lipinski definition) is 0. The van der Waals surface area contributed by atoms with Crippen LogP contribution in [0, 0.1) is 0 Å². The van der Waals surface area contributed by atoms with Crippen molar-refractivity contribution in [2.45, 2.75) is 0 Å². The summed E-state index contributed by atoms with van der Waals surface area (Å²) in [5.41, 5.74) is 0.520. The van der Waals surface area contributed by atoms with Crippen LogP contribution < -0.4 is 0 Å². The molecule has 0 saturated heterocycles. The summed E-state index contributed by atoms with van der Waals surface area (Å²) < 4.78 is 0. The topological polar surface area (TPSA) is 34.1 Å². The van der Waals surface area contributed by atoms with Crippen LogP contribution in [0.5, 0.6) is 0 Å². The van der Waals surface area contributed by atoms with Gasteiger partial charge in [0.25, 0.3) is 0 Å². The molecule has 0 spiro atoms. The number of ketones is 1. The maximum Gasteiger partial charge on any atom is 0.178 e. The Morgan fingerprint density at radius 1 is 1.73 bits per heavy atom. The first-order chi connectivity index (χ1) is 5.27. The highest BCUT2D eigenvalue weighted by atomic mass is 35.5. The van der Waals surface area contributed by atoms with Crippen molar-refractivity contribution in [3.05, 3.63) is 21.9 Å². The van der Waals surface area contributed by atoms with Crippen molar-refractivity contribution < 1.29 is 9.59 Å². The summed E-state index contributed by atoms with van der Waals surface area (Å²) in [4.78, 5) is 21.7. The van der Waals surface area contributed by atoms with E-state index in [9.17, 15) is 9.59 Å². The van der Waals surface area contributed by atoms with E-state index in [4.69, 9.17) is 11.6 Å². The van der Waals surface area contributed by atoms with Gasteiger partial charge in [-0.2, -0.15) is 0 Å². The fourth-order valence-corrected chi connectivity index (χ4v) is 1.51. The second kappa shape index (κ2) is 3.64. The van der Waals surface area contributed by atoms with Gasteiger partial charge in [-0.3, -0.25) is 9.59 Å². The molecule has 58 valence electrons. The Kier molecular flexibility index (Phi) is 2.79.